The number of carbonyl (C=O) groups excluding carboxylic acids is 1. The minimum atomic E-state index is -0.189. The van der Waals surface area contributed by atoms with Gasteiger partial charge in [0.15, 0.2) is 11.2 Å². The zero-order valence-corrected chi connectivity index (χ0v) is 24.5. The quantitative estimate of drug-likeness (QED) is 0.607. The number of rotatable bonds is 4. The highest BCUT2D eigenvalue weighted by Gasteiger charge is 2.35. The van der Waals surface area contributed by atoms with Crippen LogP contribution in [0.25, 0.3) is 5.57 Å². The van der Waals surface area contributed by atoms with Crippen molar-refractivity contribution in [2.75, 3.05) is 13.6 Å². The molecule has 0 spiro atoms. The smallest absolute Gasteiger partial charge is 0.273 e. The fourth-order valence-electron chi connectivity index (χ4n) is 6.64. The van der Waals surface area contributed by atoms with Crippen LogP contribution in [0, 0.1) is 5.92 Å². The standard InChI is InChI=1S/C31H41N7O2/c1-17-26(18(2)38(6)36-17)28-34-27-22(13-14-32-29(27)35-28)20-11-12-21-19(15-20)9-7-8-10-23(21)33-30(39)24-16-25(40-37-24)31(3,4)5/h11,15-16,18,21,23,26H,7-10,12-14H2,1-6H3,(H,33,39)(H,32,34,35). The Bertz CT molecular complexity index is 1530. The molecule has 1 saturated carbocycles. The SMILES string of the molecule is CC1=NN(C)C(C)C1c1nc2c([nH]1)=C(C1=CCC3C(=C1)CCCCC3NC(=O)c1cc(C(C)(C)C)on1)CCN=2. The molecule has 4 heterocycles. The van der Waals surface area contributed by atoms with Crippen LogP contribution in [0.15, 0.2) is 44.0 Å². The van der Waals surface area contributed by atoms with Crippen LogP contribution >= 0.6 is 0 Å². The van der Waals surface area contributed by atoms with Crippen molar-refractivity contribution in [3.8, 4) is 0 Å². The molecule has 0 aromatic carbocycles. The fourth-order valence-corrected chi connectivity index (χ4v) is 6.64. The summed E-state index contributed by atoms with van der Waals surface area (Å²) < 4.78 is 5.47. The maximum Gasteiger partial charge on any atom is 0.273 e. The number of hydrogen-bond acceptors (Lipinski definition) is 7. The van der Waals surface area contributed by atoms with Crippen LogP contribution in [0.1, 0.15) is 101 Å². The monoisotopic (exact) mass is 543 g/mol. The molecular weight excluding hydrogens is 502 g/mol. The van der Waals surface area contributed by atoms with Gasteiger partial charge >= 0.3 is 0 Å². The molecule has 212 valence electrons. The first-order valence-electron chi connectivity index (χ1n) is 14.7. The Morgan fingerprint density at radius 3 is 2.77 bits per heavy atom. The predicted octanol–water partition coefficient (Wildman–Crippen LogP) is 3.91. The minimum Gasteiger partial charge on any atom is -0.360 e. The first-order chi connectivity index (χ1) is 19.1. The Kier molecular flexibility index (Phi) is 6.79. The van der Waals surface area contributed by atoms with Crippen molar-refractivity contribution in [3.05, 3.63) is 57.5 Å². The Labute approximate surface area is 235 Å². The topological polar surface area (TPSA) is 112 Å². The first kappa shape index (κ1) is 26.7. The van der Waals surface area contributed by atoms with E-state index < -0.39 is 0 Å². The number of likely N-dealkylation sites (N-methyl/N-ethyl adjacent to an activating group) is 1. The highest BCUT2D eigenvalue weighted by Crippen LogP contribution is 2.38. The number of carbonyl (C=O) groups is 1. The summed E-state index contributed by atoms with van der Waals surface area (Å²) in [5.74, 6) is 1.96. The van der Waals surface area contributed by atoms with Gasteiger partial charge in [-0.1, -0.05) is 50.1 Å². The molecular formula is C31H41N7O2. The lowest BCUT2D eigenvalue weighted by Crippen LogP contribution is -2.41. The summed E-state index contributed by atoms with van der Waals surface area (Å²) in [5, 5.41) is 15.1. The Hall–Kier alpha value is -3.49. The average Bonchev–Trinajstić information content (AvgIpc) is 3.59. The molecule has 2 aliphatic carbocycles. The highest BCUT2D eigenvalue weighted by atomic mass is 16.5. The molecule has 1 amide bonds. The van der Waals surface area contributed by atoms with Crippen molar-refractivity contribution in [1.29, 1.82) is 0 Å². The number of fused-ring (bicyclic) bond motifs is 2. The van der Waals surface area contributed by atoms with E-state index in [0.29, 0.717) is 11.6 Å². The van der Waals surface area contributed by atoms with E-state index in [9.17, 15) is 4.79 Å². The molecule has 0 bridgehead atoms. The van der Waals surface area contributed by atoms with E-state index in [4.69, 9.17) is 14.5 Å². The van der Waals surface area contributed by atoms with E-state index in [1.54, 1.807) is 6.07 Å². The van der Waals surface area contributed by atoms with Gasteiger partial charge in [0, 0.05) is 42.7 Å². The Balaban J connectivity index is 1.26. The van der Waals surface area contributed by atoms with Crippen LogP contribution in [-0.2, 0) is 5.41 Å². The lowest BCUT2D eigenvalue weighted by atomic mass is 9.80. The molecule has 2 N–H and O–H groups in total. The number of hydrogen-bond donors (Lipinski definition) is 2. The highest BCUT2D eigenvalue weighted by molar-refractivity contribution is 5.92. The van der Waals surface area contributed by atoms with Crippen molar-refractivity contribution >= 4 is 17.2 Å². The van der Waals surface area contributed by atoms with E-state index in [1.807, 2.05) is 12.1 Å². The van der Waals surface area contributed by atoms with E-state index in [1.165, 1.54) is 16.7 Å². The van der Waals surface area contributed by atoms with Gasteiger partial charge in [0.2, 0.25) is 0 Å². The lowest BCUT2D eigenvalue weighted by Gasteiger charge is -2.30. The van der Waals surface area contributed by atoms with E-state index in [0.717, 1.165) is 73.2 Å². The van der Waals surface area contributed by atoms with Gasteiger partial charge in [-0.3, -0.25) is 14.8 Å². The Morgan fingerprint density at radius 1 is 1.23 bits per heavy atom. The normalized spacial score (nSPS) is 26.7. The molecule has 2 aromatic rings. The molecule has 4 aliphatic rings. The third-order valence-corrected chi connectivity index (χ3v) is 9.03. The van der Waals surface area contributed by atoms with Crippen LogP contribution in [-0.4, -0.2) is 57.4 Å². The molecule has 4 unspecified atom stereocenters. The molecule has 0 saturated heterocycles. The van der Waals surface area contributed by atoms with E-state index in [-0.39, 0.29) is 29.3 Å². The van der Waals surface area contributed by atoms with E-state index in [2.05, 4.69) is 67.3 Å². The lowest BCUT2D eigenvalue weighted by molar-refractivity contribution is 0.0914. The second kappa shape index (κ2) is 10.2. The molecule has 9 nitrogen and oxygen atoms in total. The van der Waals surface area contributed by atoms with Gasteiger partial charge in [0.1, 0.15) is 11.6 Å². The largest absolute Gasteiger partial charge is 0.360 e. The van der Waals surface area contributed by atoms with Crippen LogP contribution in [0.4, 0.5) is 0 Å². The molecule has 6 rings (SSSR count). The third kappa shape index (κ3) is 4.84. The van der Waals surface area contributed by atoms with Gasteiger partial charge in [-0.25, -0.2) is 4.98 Å². The number of aromatic nitrogens is 3. The number of H-pyrrole nitrogens is 1. The Morgan fingerprint density at radius 2 is 2.05 bits per heavy atom. The van der Waals surface area contributed by atoms with Crippen LogP contribution < -0.4 is 16.2 Å². The van der Waals surface area contributed by atoms with Gasteiger partial charge in [-0.05, 0) is 57.1 Å². The zero-order valence-electron chi connectivity index (χ0n) is 24.5. The molecule has 0 radical (unpaired) electrons. The summed E-state index contributed by atoms with van der Waals surface area (Å²) in [7, 11) is 2.02. The van der Waals surface area contributed by atoms with Crippen molar-refractivity contribution in [3.63, 3.8) is 0 Å². The first-order valence-corrected chi connectivity index (χ1v) is 14.7. The minimum absolute atomic E-state index is 0.0811. The number of aromatic amines is 1. The van der Waals surface area contributed by atoms with Gasteiger partial charge < -0.3 is 14.8 Å². The van der Waals surface area contributed by atoms with Gasteiger partial charge in [-0.2, -0.15) is 5.10 Å². The maximum atomic E-state index is 13.2. The molecule has 2 aliphatic heterocycles. The number of hydrazone groups is 1. The van der Waals surface area contributed by atoms with E-state index >= 15 is 0 Å². The molecule has 9 heteroatoms. The number of nitrogens with zero attached hydrogens (tertiary/aromatic N) is 5. The molecule has 1 fully saturated rings. The summed E-state index contributed by atoms with van der Waals surface area (Å²) in [6.07, 6.45) is 10.8. The van der Waals surface area contributed by atoms with Crippen LogP contribution in [0.3, 0.4) is 0 Å². The van der Waals surface area contributed by atoms with Crippen molar-refractivity contribution in [2.24, 2.45) is 16.0 Å². The van der Waals surface area contributed by atoms with Crippen LogP contribution in [0.2, 0.25) is 0 Å². The summed E-state index contributed by atoms with van der Waals surface area (Å²) >= 11 is 0. The number of amides is 1. The maximum absolute atomic E-state index is 13.2. The third-order valence-electron chi connectivity index (χ3n) is 9.03. The van der Waals surface area contributed by atoms with Gasteiger partial charge in [0.05, 0.1) is 17.3 Å². The summed E-state index contributed by atoms with van der Waals surface area (Å²) in [4.78, 5) is 26.5. The second-order valence-corrected chi connectivity index (χ2v) is 12.8. The van der Waals surface area contributed by atoms with Crippen LogP contribution in [0.5, 0.6) is 0 Å². The number of allylic oxidation sites excluding steroid dienone is 3. The molecule has 4 atom stereocenters. The van der Waals surface area contributed by atoms with Crippen molar-refractivity contribution in [1.82, 2.24) is 25.5 Å². The molecule has 2 aromatic heterocycles. The summed E-state index contributed by atoms with van der Waals surface area (Å²) in [6.45, 7) is 11.2. The zero-order chi connectivity index (χ0) is 28.2. The summed E-state index contributed by atoms with van der Waals surface area (Å²) in [6, 6.07) is 2.11. The number of nitrogens with one attached hydrogen (secondary N) is 2. The average molecular weight is 544 g/mol. The van der Waals surface area contributed by atoms with Gasteiger partial charge in [-0.15, -0.1) is 0 Å². The van der Waals surface area contributed by atoms with Crippen molar-refractivity contribution in [2.45, 2.75) is 96.6 Å². The number of imidazole rings is 1. The second-order valence-electron chi connectivity index (χ2n) is 12.8. The summed E-state index contributed by atoms with van der Waals surface area (Å²) in [5.41, 5.74) is 6.08. The predicted molar refractivity (Wildman–Crippen MR) is 155 cm³/mol. The fraction of sp³-hybridized carbons (Fsp3) is 0.581. The van der Waals surface area contributed by atoms with Crippen molar-refractivity contribution < 1.29 is 9.32 Å². The van der Waals surface area contributed by atoms with Gasteiger partial charge in [0.25, 0.3) is 5.91 Å². The molecule has 40 heavy (non-hydrogen) atoms.